The van der Waals surface area contributed by atoms with Gasteiger partial charge in [0.15, 0.2) is 5.76 Å². The molecule has 0 fully saturated rings. The van der Waals surface area contributed by atoms with Crippen LogP contribution in [0.1, 0.15) is 19.4 Å². The highest BCUT2D eigenvalue weighted by Gasteiger charge is 2.25. The molecule has 1 heterocycles. The Labute approximate surface area is 188 Å². The number of halogens is 1. The number of rotatable bonds is 8. The highest BCUT2D eigenvalue weighted by Crippen LogP contribution is 2.39. The molecule has 0 radical (unpaired) electrons. The van der Waals surface area contributed by atoms with Crippen LogP contribution in [0, 0.1) is 5.92 Å². The molecule has 3 aromatic rings. The molecule has 0 bridgehead atoms. The fourth-order valence-electron chi connectivity index (χ4n) is 3.22. The summed E-state index contributed by atoms with van der Waals surface area (Å²) in [5.41, 5.74) is 0.250. The van der Waals surface area contributed by atoms with Crippen LogP contribution in [0.5, 0.6) is 23.0 Å². The van der Waals surface area contributed by atoms with E-state index in [9.17, 15) is 20.1 Å². The lowest BCUT2D eigenvalue weighted by Crippen LogP contribution is -2.18. The van der Waals surface area contributed by atoms with Crippen LogP contribution in [-0.4, -0.2) is 40.5 Å². The van der Waals surface area contributed by atoms with Crippen LogP contribution < -0.4 is 14.9 Å². The van der Waals surface area contributed by atoms with E-state index >= 15 is 0 Å². The average Bonchev–Trinajstić information content (AvgIpc) is 2.75. The third-order valence-corrected chi connectivity index (χ3v) is 5.37. The van der Waals surface area contributed by atoms with E-state index in [1.165, 1.54) is 0 Å². The van der Waals surface area contributed by atoms with Crippen molar-refractivity contribution in [2.24, 2.45) is 5.92 Å². The third kappa shape index (κ3) is 4.65. The SMILES string of the molecule is COc1ccc(-c2oc3c(CC(O)C(C)C)c(O)cc(O)c3c(=O)c2OCCBr)cc1. The van der Waals surface area contributed by atoms with Gasteiger partial charge in [0, 0.05) is 28.9 Å². The molecule has 0 saturated heterocycles. The molecule has 1 aromatic heterocycles. The van der Waals surface area contributed by atoms with E-state index in [-0.39, 0.29) is 52.7 Å². The lowest BCUT2D eigenvalue weighted by Gasteiger charge is -2.18. The molecule has 8 heteroatoms. The van der Waals surface area contributed by atoms with Crippen LogP contribution in [0.4, 0.5) is 0 Å². The van der Waals surface area contributed by atoms with Crippen LogP contribution in [0.2, 0.25) is 0 Å². The lowest BCUT2D eigenvalue weighted by atomic mass is 9.96. The maximum absolute atomic E-state index is 13.3. The van der Waals surface area contributed by atoms with E-state index in [1.54, 1.807) is 31.4 Å². The van der Waals surface area contributed by atoms with Gasteiger partial charge < -0.3 is 29.2 Å². The van der Waals surface area contributed by atoms with Crippen molar-refractivity contribution in [3.63, 3.8) is 0 Å². The van der Waals surface area contributed by atoms with E-state index in [4.69, 9.17) is 13.9 Å². The molecule has 3 rings (SSSR count). The van der Waals surface area contributed by atoms with Gasteiger partial charge in [-0.15, -0.1) is 0 Å². The standard InChI is InChI=1S/C23H25BrO7/c1-12(2)16(25)10-15-17(26)11-18(27)19-20(28)23(30-9-8-24)21(31-22(15)19)13-4-6-14(29-3)7-5-13/h4-7,11-12,16,25-27H,8-10H2,1-3H3. The van der Waals surface area contributed by atoms with Gasteiger partial charge in [-0.05, 0) is 30.2 Å². The van der Waals surface area contributed by atoms with Crippen molar-refractivity contribution in [2.75, 3.05) is 19.0 Å². The summed E-state index contributed by atoms with van der Waals surface area (Å²) < 4.78 is 17.0. The number of hydrogen-bond acceptors (Lipinski definition) is 7. The predicted octanol–water partition coefficient (Wildman–Crippen LogP) is 4.21. The molecule has 0 aliphatic rings. The topological polar surface area (TPSA) is 109 Å². The van der Waals surface area contributed by atoms with E-state index < -0.39 is 17.3 Å². The molecule has 166 valence electrons. The monoisotopic (exact) mass is 492 g/mol. The predicted molar refractivity (Wildman–Crippen MR) is 122 cm³/mol. The smallest absolute Gasteiger partial charge is 0.239 e. The van der Waals surface area contributed by atoms with E-state index in [2.05, 4.69) is 15.9 Å². The van der Waals surface area contributed by atoms with Crippen LogP contribution in [0.3, 0.4) is 0 Å². The number of alkyl halides is 1. The molecular weight excluding hydrogens is 468 g/mol. The molecule has 0 aliphatic carbocycles. The van der Waals surface area contributed by atoms with Gasteiger partial charge in [0.05, 0.1) is 19.8 Å². The average molecular weight is 493 g/mol. The first-order valence-corrected chi connectivity index (χ1v) is 11.0. The first kappa shape index (κ1) is 23.0. The number of hydrogen-bond donors (Lipinski definition) is 3. The number of aliphatic hydroxyl groups excluding tert-OH is 1. The Kier molecular flexibility index (Phi) is 7.12. The summed E-state index contributed by atoms with van der Waals surface area (Å²) in [5, 5.41) is 31.6. The molecule has 0 spiro atoms. The number of fused-ring (bicyclic) bond motifs is 1. The summed E-state index contributed by atoms with van der Waals surface area (Å²) in [5.74, 6) is -0.0278. The second-order valence-electron chi connectivity index (χ2n) is 7.47. The summed E-state index contributed by atoms with van der Waals surface area (Å²) in [6.07, 6.45) is -0.731. The number of aliphatic hydroxyl groups is 1. The molecule has 31 heavy (non-hydrogen) atoms. The lowest BCUT2D eigenvalue weighted by molar-refractivity contribution is 0.125. The van der Waals surface area contributed by atoms with Crippen LogP contribution in [0.25, 0.3) is 22.3 Å². The summed E-state index contributed by atoms with van der Waals surface area (Å²) in [6.45, 7) is 3.89. The van der Waals surface area contributed by atoms with Gasteiger partial charge in [-0.3, -0.25) is 4.79 Å². The fourth-order valence-corrected chi connectivity index (χ4v) is 3.38. The molecule has 7 nitrogen and oxygen atoms in total. The van der Waals surface area contributed by atoms with Gasteiger partial charge in [0.2, 0.25) is 11.2 Å². The number of phenolic OH excluding ortho intramolecular Hbond substituents is 2. The Morgan fingerprint density at radius 1 is 1.13 bits per heavy atom. The quantitative estimate of drug-likeness (QED) is 0.404. The number of phenols is 2. The second kappa shape index (κ2) is 9.62. The zero-order valence-corrected chi connectivity index (χ0v) is 19.1. The largest absolute Gasteiger partial charge is 0.507 e. The van der Waals surface area contributed by atoms with Crippen molar-refractivity contribution in [3.8, 4) is 34.3 Å². The molecule has 1 atom stereocenters. The second-order valence-corrected chi connectivity index (χ2v) is 8.26. The van der Waals surface area contributed by atoms with Crippen molar-refractivity contribution in [1.82, 2.24) is 0 Å². The maximum atomic E-state index is 13.3. The van der Waals surface area contributed by atoms with Gasteiger partial charge in [0.25, 0.3) is 0 Å². The Bertz CT molecular complexity index is 1120. The molecule has 2 aromatic carbocycles. The Balaban J connectivity index is 2.33. The number of ether oxygens (including phenoxy) is 2. The van der Waals surface area contributed by atoms with Gasteiger partial charge >= 0.3 is 0 Å². The highest BCUT2D eigenvalue weighted by molar-refractivity contribution is 9.09. The minimum absolute atomic E-state index is 0.0132. The van der Waals surface area contributed by atoms with Crippen LogP contribution in [-0.2, 0) is 6.42 Å². The van der Waals surface area contributed by atoms with E-state index in [0.717, 1.165) is 6.07 Å². The van der Waals surface area contributed by atoms with Gasteiger partial charge in [-0.25, -0.2) is 0 Å². The third-order valence-electron chi connectivity index (χ3n) is 5.04. The zero-order valence-electron chi connectivity index (χ0n) is 17.5. The first-order valence-electron chi connectivity index (χ1n) is 9.84. The Morgan fingerprint density at radius 3 is 2.39 bits per heavy atom. The minimum atomic E-state index is -0.780. The van der Waals surface area contributed by atoms with Gasteiger partial charge in [0.1, 0.15) is 28.2 Å². The molecular formula is C23H25BrO7. The molecule has 0 amide bonds. The number of aromatic hydroxyl groups is 2. The Morgan fingerprint density at radius 2 is 1.81 bits per heavy atom. The van der Waals surface area contributed by atoms with Gasteiger partial charge in [-0.2, -0.15) is 0 Å². The van der Waals surface area contributed by atoms with Gasteiger partial charge in [-0.1, -0.05) is 29.8 Å². The molecule has 3 N–H and O–H groups in total. The van der Waals surface area contributed by atoms with E-state index in [0.29, 0.717) is 16.6 Å². The van der Waals surface area contributed by atoms with Crippen LogP contribution >= 0.6 is 15.9 Å². The zero-order chi connectivity index (χ0) is 22.7. The normalized spacial score (nSPS) is 12.3. The maximum Gasteiger partial charge on any atom is 0.239 e. The highest BCUT2D eigenvalue weighted by atomic mass is 79.9. The van der Waals surface area contributed by atoms with Crippen molar-refractivity contribution in [2.45, 2.75) is 26.4 Å². The molecule has 1 unspecified atom stereocenters. The molecule has 0 saturated carbocycles. The van der Waals surface area contributed by atoms with E-state index in [1.807, 2.05) is 13.8 Å². The summed E-state index contributed by atoms with van der Waals surface area (Å²) >= 11 is 3.27. The number of benzene rings is 2. The summed E-state index contributed by atoms with van der Waals surface area (Å²) in [6, 6.07) is 7.96. The van der Waals surface area contributed by atoms with Crippen molar-refractivity contribution >= 4 is 26.9 Å². The molecule has 0 aliphatic heterocycles. The minimum Gasteiger partial charge on any atom is -0.507 e. The first-order chi connectivity index (χ1) is 14.8. The van der Waals surface area contributed by atoms with Crippen molar-refractivity contribution < 1.29 is 29.2 Å². The Hall–Kier alpha value is -2.71. The number of methoxy groups -OCH3 is 1. The summed E-state index contributed by atoms with van der Waals surface area (Å²) in [7, 11) is 1.55. The fraction of sp³-hybridized carbons (Fsp3) is 0.348. The summed E-state index contributed by atoms with van der Waals surface area (Å²) in [4.78, 5) is 13.3. The van der Waals surface area contributed by atoms with Crippen LogP contribution in [0.15, 0.2) is 39.5 Å². The van der Waals surface area contributed by atoms with Crippen molar-refractivity contribution in [3.05, 3.63) is 46.1 Å². The van der Waals surface area contributed by atoms with Crippen molar-refractivity contribution in [1.29, 1.82) is 0 Å².